The van der Waals surface area contributed by atoms with E-state index in [9.17, 15) is 39.3 Å². The highest BCUT2D eigenvalue weighted by atomic mass is 16.8. The monoisotopic (exact) mass is 762 g/mol. The fourth-order valence-electron chi connectivity index (χ4n) is 5.81. The topological polar surface area (TPSA) is 220 Å². The molecule has 0 bridgehead atoms. The van der Waals surface area contributed by atoms with E-state index in [1.807, 2.05) is 13.8 Å². The number of carbonyl (C=O) groups is 5. The van der Waals surface area contributed by atoms with E-state index in [1.165, 1.54) is 0 Å². The van der Waals surface area contributed by atoms with Gasteiger partial charge in [-0.25, -0.2) is 0 Å². The number of aliphatic hydroxyl groups is 3. The summed E-state index contributed by atoms with van der Waals surface area (Å²) in [7, 11) is 0. The Bertz CT molecular complexity index is 1200. The minimum absolute atomic E-state index is 0.0238. The van der Waals surface area contributed by atoms with Crippen LogP contribution in [0.1, 0.15) is 101 Å². The molecular weight excluding hydrogens is 700 g/mol. The first-order chi connectivity index (χ1) is 24.7. The van der Waals surface area contributed by atoms with Crippen molar-refractivity contribution in [2.45, 2.75) is 156 Å². The molecule has 2 fully saturated rings. The standard InChI is InChI=1S/C37H62O16/c1-19(2)11-26(40)46-17-25-33(49-28(42)13-21(5)6)35(51-30(44)15-23(9)10)37(18-39,52-25)53-36-34(50-29(43)14-22(7)8)31(45)32(24(16-38)47-36)48-27(41)12-20(3)4/h19-25,31-36,38-39,45H,11-18H2,1-10H3/t24-,25-,31+,32-,33-,34-,35+,36-,37+/m1/s1. The Balaban J connectivity index is 2.66. The van der Waals surface area contributed by atoms with E-state index in [4.69, 9.17) is 37.9 Å². The summed E-state index contributed by atoms with van der Waals surface area (Å²) in [6.07, 6.45) is -13.2. The maximum atomic E-state index is 13.2. The average molecular weight is 763 g/mol. The molecule has 0 radical (unpaired) electrons. The minimum Gasteiger partial charge on any atom is -0.463 e. The number of aliphatic hydroxyl groups excluding tert-OH is 3. The molecule has 16 heteroatoms. The Kier molecular flexibility index (Phi) is 18.6. The second kappa shape index (κ2) is 21.3. The normalized spacial score (nSPS) is 28.8. The quantitative estimate of drug-likeness (QED) is 0.120. The van der Waals surface area contributed by atoms with Crippen LogP contribution in [0, 0.1) is 29.6 Å². The van der Waals surface area contributed by atoms with Crippen molar-refractivity contribution in [3.63, 3.8) is 0 Å². The Morgan fingerprint density at radius 3 is 1.43 bits per heavy atom. The first-order valence-corrected chi connectivity index (χ1v) is 18.6. The molecule has 0 spiro atoms. The molecule has 0 unspecified atom stereocenters. The van der Waals surface area contributed by atoms with Gasteiger partial charge in [-0.1, -0.05) is 69.2 Å². The van der Waals surface area contributed by atoms with Gasteiger partial charge >= 0.3 is 29.8 Å². The van der Waals surface area contributed by atoms with Gasteiger partial charge in [-0.2, -0.15) is 0 Å². The SMILES string of the molecule is CC(C)CC(=O)OC[C@H]1O[C@@](CO)(O[C@H]2O[C@H](CO)[C@@H](OC(=O)CC(C)C)[C@H](O)[C@H]2OC(=O)CC(C)C)[C@@H](OC(=O)CC(C)C)[C@@H]1OC(=O)CC(C)C. The van der Waals surface area contributed by atoms with Crippen molar-refractivity contribution in [2.75, 3.05) is 19.8 Å². The van der Waals surface area contributed by atoms with Crippen LogP contribution in [0.3, 0.4) is 0 Å². The maximum absolute atomic E-state index is 13.2. The van der Waals surface area contributed by atoms with Gasteiger partial charge < -0.3 is 53.2 Å². The first kappa shape index (κ1) is 46.3. The van der Waals surface area contributed by atoms with E-state index in [1.54, 1.807) is 55.4 Å². The summed E-state index contributed by atoms with van der Waals surface area (Å²) in [6.45, 7) is 15.4. The van der Waals surface area contributed by atoms with E-state index in [0.29, 0.717) is 0 Å². The van der Waals surface area contributed by atoms with Crippen LogP contribution in [0.15, 0.2) is 0 Å². The van der Waals surface area contributed by atoms with Crippen molar-refractivity contribution in [3.05, 3.63) is 0 Å². The number of esters is 5. The van der Waals surface area contributed by atoms with Gasteiger partial charge in [0.2, 0.25) is 12.1 Å². The number of hydrogen-bond acceptors (Lipinski definition) is 16. The van der Waals surface area contributed by atoms with Crippen molar-refractivity contribution >= 4 is 29.8 Å². The number of ether oxygens (including phenoxy) is 8. The molecule has 0 aromatic heterocycles. The third-order valence-corrected chi connectivity index (χ3v) is 8.13. The summed E-state index contributed by atoms with van der Waals surface area (Å²) < 4.78 is 46.7. The molecule has 2 aliphatic heterocycles. The molecule has 0 amide bonds. The Hall–Kier alpha value is -2.89. The van der Waals surface area contributed by atoms with Crippen LogP contribution in [-0.2, 0) is 61.9 Å². The predicted octanol–water partition coefficient (Wildman–Crippen LogP) is 2.59. The van der Waals surface area contributed by atoms with Gasteiger partial charge in [-0.05, 0) is 29.6 Å². The molecule has 2 heterocycles. The smallest absolute Gasteiger partial charge is 0.306 e. The van der Waals surface area contributed by atoms with Crippen LogP contribution in [0.2, 0.25) is 0 Å². The summed E-state index contributed by atoms with van der Waals surface area (Å²) in [5.74, 6) is -6.63. The highest BCUT2D eigenvalue weighted by molar-refractivity contribution is 5.72. The summed E-state index contributed by atoms with van der Waals surface area (Å²) >= 11 is 0. The fraction of sp³-hybridized carbons (Fsp3) is 0.865. The summed E-state index contributed by atoms with van der Waals surface area (Å²) in [4.78, 5) is 64.6. The molecule has 0 aromatic rings. The molecule has 306 valence electrons. The van der Waals surface area contributed by atoms with E-state index in [-0.39, 0.29) is 61.7 Å². The highest BCUT2D eigenvalue weighted by Crippen LogP contribution is 2.41. The third-order valence-electron chi connectivity index (χ3n) is 8.13. The van der Waals surface area contributed by atoms with E-state index in [0.717, 1.165) is 0 Å². The van der Waals surface area contributed by atoms with Crippen molar-refractivity contribution in [1.82, 2.24) is 0 Å². The molecular formula is C37H62O16. The number of carbonyl (C=O) groups excluding carboxylic acids is 5. The molecule has 9 atom stereocenters. The van der Waals surface area contributed by atoms with E-state index >= 15 is 0 Å². The molecule has 2 aliphatic rings. The lowest BCUT2D eigenvalue weighted by molar-refractivity contribution is -0.384. The van der Waals surface area contributed by atoms with Gasteiger partial charge in [0, 0.05) is 32.1 Å². The summed E-state index contributed by atoms with van der Waals surface area (Å²) in [5, 5.41) is 32.9. The molecule has 16 nitrogen and oxygen atoms in total. The molecule has 0 aromatic carbocycles. The van der Waals surface area contributed by atoms with Gasteiger partial charge in [0.05, 0.1) is 6.61 Å². The molecule has 0 saturated carbocycles. The van der Waals surface area contributed by atoms with Crippen LogP contribution in [0.4, 0.5) is 0 Å². The van der Waals surface area contributed by atoms with Crippen LogP contribution < -0.4 is 0 Å². The Morgan fingerprint density at radius 1 is 0.585 bits per heavy atom. The lowest BCUT2D eigenvalue weighted by Gasteiger charge is -2.45. The zero-order valence-corrected chi connectivity index (χ0v) is 32.8. The molecule has 53 heavy (non-hydrogen) atoms. The largest absolute Gasteiger partial charge is 0.463 e. The minimum atomic E-state index is -2.45. The number of hydrogen-bond donors (Lipinski definition) is 3. The van der Waals surface area contributed by atoms with Crippen molar-refractivity contribution in [1.29, 1.82) is 0 Å². The van der Waals surface area contributed by atoms with Gasteiger partial charge in [0.1, 0.15) is 31.5 Å². The highest BCUT2D eigenvalue weighted by Gasteiger charge is 2.64. The van der Waals surface area contributed by atoms with Gasteiger partial charge in [-0.15, -0.1) is 0 Å². The fourth-order valence-corrected chi connectivity index (χ4v) is 5.81. The lowest BCUT2D eigenvalue weighted by atomic mass is 9.97. The predicted molar refractivity (Wildman–Crippen MR) is 185 cm³/mol. The van der Waals surface area contributed by atoms with Crippen LogP contribution in [0.5, 0.6) is 0 Å². The third kappa shape index (κ3) is 14.4. The lowest BCUT2D eigenvalue weighted by Crippen LogP contribution is -2.64. The van der Waals surface area contributed by atoms with Crippen molar-refractivity contribution in [2.24, 2.45) is 29.6 Å². The van der Waals surface area contributed by atoms with Crippen LogP contribution in [0.25, 0.3) is 0 Å². The van der Waals surface area contributed by atoms with Crippen molar-refractivity contribution < 1.29 is 77.2 Å². The second-order valence-corrected chi connectivity index (χ2v) is 15.9. The van der Waals surface area contributed by atoms with E-state index < -0.39 is 104 Å². The summed E-state index contributed by atoms with van der Waals surface area (Å²) in [6, 6.07) is 0. The van der Waals surface area contributed by atoms with E-state index in [2.05, 4.69) is 0 Å². The maximum Gasteiger partial charge on any atom is 0.306 e. The van der Waals surface area contributed by atoms with Gasteiger partial charge in [0.15, 0.2) is 24.4 Å². The summed E-state index contributed by atoms with van der Waals surface area (Å²) in [5.41, 5.74) is 0. The zero-order valence-electron chi connectivity index (χ0n) is 32.8. The molecule has 2 rings (SSSR count). The van der Waals surface area contributed by atoms with Crippen molar-refractivity contribution in [3.8, 4) is 0 Å². The Morgan fingerprint density at radius 2 is 1.00 bits per heavy atom. The first-order valence-electron chi connectivity index (χ1n) is 18.6. The average Bonchev–Trinajstić information content (AvgIpc) is 3.28. The van der Waals surface area contributed by atoms with Gasteiger partial charge in [0.25, 0.3) is 0 Å². The molecule has 0 aliphatic carbocycles. The van der Waals surface area contributed by atoms with Gasteiger partial charge in [-0.3, -0.25) is 24.0 Å². The number of rotatable bonds is 20. The molecule has 3 N–H and O–H groups in total. The molecule has 2 saturated heterocycles. The van der Waals surface area contributed by atoms with Crippen LogP contribution in [-0.4, -0.2) is 120 Å². The Labute approximate surface area is 312 Å². The van der Waals surface area contributed by atoms with Crippen LogP contribution >= 0.6 is 0 Å². The second-order valence-electron chi connectivity index (χ2n) is 15.9. The zero-order chi connectivity index (χ0) is 40.2.